The first-order valence-electron chi connectivity index (χ1n) is 10.9. The van der Waals surface area contributed by atoms with Crippen LogP contribution in [-0.2, 0) is 16.8 Å². The van der Waals surface area contributed by atoms with Gasteiger partial charge in [0.15, 0.2) is 0 Å². The molecule has 0 bridgehead atoms. The molecule has 2 heterocycles. The molecule has 0 aliphatic carbocycles. The van der Waals surface area contributed by atoms with Crippen molar-refractivity contribution in [3.63, 3.8) is 0 Å². The number of aryl methyl sites for hydroxylation is 1. The SMILES string of the molecule is CC(=O)N1c2ccc(C(O)CN3CCC(O)(c4ccccc4C)CC3)cc2CC1C. The summed E-state index contributed by atoms with van der Waals surface area (Å²) in [6, 6.07) is 14.2. The second kappa shape index (κ2) is 8.14. The van der Waals surface area contributed by atoms with Crippen LogP contribution in [0.5, 0.6) is 0 Å². The molecule has 1 amide bonds. The molecule has 1 fully saturated rings. The van der Waals surface area contributed by atoms with E-state index in [1.807, 2.05) is 54.3 Å². The summed E-state index contributed by atoms with van der Waals surface area (Å²) < 4.78 is 0. The van der Waals surface area contributed by atoms with Gasteiger partial charge in [-0.05, 0) is 61.4 Å². The summed E-state index contributed by atoms with van der Waals surface area (Å²) in [6.07, 6.45) is 1.57. The number of fused-ring (bicyclic) bond motifs is 1. The summed E-state index contributed by atoms with van der Waals surface area (Å²) in [5.41, 5.74) is 4.35. The molecule has 2 unspecified atom stereocenters. The van der Waals surface area contributed by atoms with E-state index in [2.05, 4.69) is 11.8 Å². The van der Waals surface area contributed by atoms with Crippen LogP contribution in [-0.4, -0.2) is 46.7 Å². The Morgan fingerprint density at radius 1 is 1.20 bits per heavy atom. The maximum atomic E-state index is 11.9. The van der Waals surface area contributed by atoms with Gasteiger partial charge in [-0.3, -0.25) is 4.79 Å². The van der Waals surface area contributed by atoms with Crippen LogP contribution in [0, 0.1) is 6.92 Å². The molecule has 1 saturated heterocycles. The van der Waals surface area contributed by atoms with Crippen LogP contribution in [0.2, 0.25) is 0 Å². The molecule has 2 aliphatic rings. The van der Waals surface area contributed by atoms with E-state index < -0.39 is 11.7 Å². The van der Waals surface area contributed by atoms with Crippen LogP contribution in [0.15, 0.2) is 42.5 Å². The molecule has 2 atom stereocenters. The summed E-state index contributed by atoms with van der Waals surface area (Å²) in [5.74, 6) is 0.0593. The van der Waals surface area contributed by atoms with Crippen molar-refractivity contribution >= 4 is 11.6 Å². The van der Waals surface area contributed by atoms with Gasteiger partial charge in [0.05, 0.1) is 11.7 Å². The molecule has 2 N–H and O–H groups in total. The van der Waals surface area contributed by atoms with Crippen molar-refractivity contribution in [2.75, 3.05) is 24.5 Å². The number of aliphatic hydroxyl groups excluding tert-OH is 1. The fraction of sp³-hybridized carbons (Fsp3) is 0.480. The van der Waals surface area contributed by atoms with Gasteiger partial charge >= 0.3 is 0 Å². The first-order valence-corrected chi connectivity index (χ1v) is 10.9. The number of carbonyl (C=O) groups excluding carboxylic acids is 1. The van der Waals surface area contributed by atoms with Crippen LogP contribution in [0.25, 0.3) is 0 Å². The number of amides is 1. The first kappa shape index (κ1) is 21.0. The molecular formula is C25H32N2O3. The third-order valence-corrected chi connectivity index (χ3v) is 6.80. The highest BCUT2D eigenvalue weighted by Crippen LogP contribution is 2.36. The Hall–Kier alpha value is -2.21. The zero-order chi connectivity index (χ0) is 21.5. The Bertz CT molecular complexity index is 934. The van der Waals surface area contributed by atoms with E-state index in [1.165, 1.54) is 0 Å². The van der Waals surface area contributed by atoms with Crippen LogP contribution in [0.3, 0.4) is 0 Å². The number of benzene rings is 2. The lowest BCUT2D eigenvalue weighted by molar-refractivity contribution is -0.116. The van der Waals surface area contributed by atoms with Gasteiger partial charge in [0.25, 0.3) is 0 Å². The monoisotopic (exact) mass is 408 g/mol. The summed E-state index contributed by atoms with van der Waals surface area (Å²) in [6.45, 7) is 7.76. The summed E-state index contributed by atoms with van der Waals surface area (Å²) in [4.78, 5) is 16.0. The summed E-state index contributed by atoms with van der Waals surface area (Å²) in [7, 11) is 0. The highest BCUT2D eigenvalue weighted by molar-refractivity contribution is 5.94. The lowest BCUT2D eigenvalue weighted by Gasteiger charge is -2.40. The van der Waals surface area contributed by atoms with Gasteiger partial charge in [0.1, 0.15) is 0 Å². The lowest BCUT2D eigenvalue weighted by atomic mass is 9.82. The van der Waals surface area contributed by atoms with E-state index in [1.54, 1.807) is 6.92 Å². The standard InChI is InChI=1S/C25H32N2O3/c1-17-6-4-5-7-22(17)25(30)10-12-26(13-11-25)16-24(29)20-8-9-23-21(15-20)14-18(2)27(23)19(3)28/h4-9,15,18,24,29-30H,10-14,16H2,1-3H3. The Kier molecular flexibility index (Phi) is 5.71. The molecule has 2 aromatic carbocycles. The van der Waals surface area contributed by atoms with Crippen molar-refractivity contribution in [2.45, 2.75) is 57.8 Å². The van der Waals surface area contributed by atoms with E-state index in [0.717, 1.165) is 47.5 Å². The van der Waals surface area contributed by atoms with Crippen molar-refractivity contribution in [3.8, 4) is 0 Å². The molecule has 5 heteroatoms. The number of likely N-dealkylation sites (tertiary alicyclic amines) is 1. The molecule has 160 valence electrons. The molecule has 5 nitrogen and oxygen atoms in total. The van der Waals surface area contributed by atoms with Gasteiger partial charge in [-0.1, -0.05) is 36.4 Å². The number of aliphatic hydroxyl groups is 2. The lowest BCUT2D eigenvalue weighted by Crippen LogP contribution is -2.44. The third-order valence-electron chi connectivity index (χ3n) is 6.80. The first-order chi connectivity index (χ1) is 14.3. The number of hydrogen-bond acceptors (Lipinski definition) is 4. The zero-order valence-corrected chi connectivity index (χ0v) is 18.1. The fourth-order valence-electron chi connectivity index (χ4n) is 5.16. The van der Waals surface area contributed by atoms with Gasteiger partial charge in [-0.2, -0.15) is 0 Å². The van der Waals surface area contributed by atoms with Gasteiger partial charge in [0.2, 0.25) is 5.91 Å². The van der Waals surface area contributed by atoms with Crippen LogP contribution >= 0.6 is 0 Å². The van der Waals surface area contributed by atoms with Gasteiger partial charge in [-0.25, -0.2) is 0 Å². The van der Waals surface area contributed by atoms with Crippen molar-refractivity contribution < 1.29 is 15.0 Å². The van der Waals surface area contributed by atoms with Crippen LogP contribution < -0.4 is 4.90 Å². The van der Waals surface area contributed by atoms with E-state index >= 15 is 0 Å². The predicted octanol–water partition coefficient (Wildman–Crippen LogP) is 3.31. The quantitative estimate of drug-likeness (QED) is 0.815. The number of anilines is 1. The Labute approximate surface area is 178 Å². The molecule has 2 aliphatic heterocycles. The van der Waals surface area contributed by atoms with Crippen LogP contribution in [0.4, 0.5) is 5.69 Å². The predicted molar refractivity (Wildman–Crippen MR) is 118 cm³/mol. The van der Waals surface area contributed by atoms with Crippen molar-refractivity contribution in [1.29, 1.82) is 0 Å². The van der Waals surface area contributed by atoms with Crippen molar-refractivity contribution in [2.24, 2.45) is 0 Å². The Morgan fingerprint density at radius 2 is 1.90 bits per heavy atom. The normalized spacial score (nSPS) is 22.0. The third kappa shape index (κ3) is 3.89. The summed E-state index contributed by atoms with van der Waals surface area (Å²) >= 11 is 0. The number of piperidine rings is 1. The van der Waals surface area contributed by atoms with E-state index in [0.29, 0.717) is 19.4 Å². The Morgan fingerprint density at radius 3 is 2.57 bits per heavy atom. The minimum absolute atomic E-state index is 0.0593. The van der Waals surface area contributed by atoms with Crippen molar-refractivity contribution in [1.82, 2.24) is 4.90 Å². The van der Waals surface area contributed by atoms with Gasteiger partial charge < -0.3 is 20.0 Å². The minimum atomic E-state index is -0.785. The largest absolute Gasteiger partial charge is 0.387 e. The van der Waals surface area contributed by atoms with Gasteiger partial charge in [0, 0.05) is 38.3 Å². The smallest absolute Gasteiger partial charge is 0.224 e. The average molecular weight is 409 g/mol. The van der Waals surface area contributed by atoms with Crippen molar-refractivity contribution in [3.05, 3.63) is 64.7 Å². The summed E-state index contributed by atoms with van der Waals surface area (Å²) in [5, 5.41) is 22.0. The number of nitrogens with zero attached hydrogens (tertiary/aromatic N) is 2. The second-order valence-electron chi connectivity index (χ2n) is 8.99. The number of rotatable bonds is 4. The van der Waals surface area contributed by atoms with E-state index in [9.17, 15) is 15.0 Å². The maximum absolute atomic E-state index is 11.9. The Balaban J connectivity index is 1.40. The van der Waals surface area contributed by atoms with E-state index in [4.69, 9.17) is 0 Å². The minimum Gasteiger partial charge on any atom is -0.387 e. The highest BCUT2D eigenvalue weighted by atomic mass is 16.3. The molecule has 0 aromatic heterocycles. The maximum Gasteiger partial charge on any atom is 0.224 e. The van der Waals surface area contributed by atoms with E-state index in [-0.39, 0.29) is 11.9 Å². The molecule has 30 heavy (non-hydrogen) atoms. The molecule has 0 spiro atoms. The highest BCUT2D eigenvalue weighted by Gasteiger charge is 2.35. The van der Waals surface area contributed by atoms with Crippen LogP contribution in [0.1, 0.15) is 55.0 Å². The molecule has 0 saturated carbocycles. The topological polar surface area (TPSA) is 64.0 Å². The number of β-amino-alcohol motifs (C(OH)–C–C–N with tert-alkyl or cyclic N) is 1. The molecule has 0 radical (unpaired) electrons. The molecular weight excluding hydrogens is 376 g/mol. The zero-order valence-electron chi connectivity index (χ0n) is 18.1. The number of hydrogen-bond donors (Lipinski definition) is 2. The molecule has 4 rings (SSSR count). The second-order valence-corrected chi connectivity index (χ2v) is 8.99. The van der Waals surface area contributed by atoms with Gasteiger partial charge in [-0.15, -0.1) is 0 Å². The molecule has 2 aromatic rings. The number of carbonyl (C=O) groups is 1. The average Bonchev–Trinajstić information content (AvgIpc) is 3.05. The fourth-order valence-corrected chi connectivity index (χ4v) is 5.16.